The molecular formula is C11H18FN3. The summed E-state index contributed by atoms with van der Waals surface area (Å²) in [5.74, 6) is 5.59. The van der Waals surface area contributed by atoms with Gasteiger partial charge in [-0.3, -0.25) is 16.3 Å². The van der Waals surface area contributed by atoms with Crippen LogP contribution in [0.1, 0.15) is 38.3 Å². The van der Waals surface area contributed by atoms with Gasteiger partial charge in [-0.05, 0) is 17.5 Å². The molecule has 1 rings (SSSR count). The Morgan fingerprint density at radius 1 is 1.40 bits per heavy atom. The minimum atomic E-state index is -0.321. The maximum Gasteiger partial charge on any atom is 0.141 e. The minimum Gasteiger partial charge on any atom is -0.271 e. The van der Waals surface area contributed by atoms with E-state index in [1.165, 1.54) is 12.3 Å². The van der Waals surface area contributed by atoms with E-state index in [4.69, 9.17) is 5.84 Å². The molecule has 0 bridgehead atoms. The van der Waals surface area contributed by atoms with E-state index >= 15 is 0 Å². The van der Waals surface area contributed by atoms with E-state index in [9.17, 15) is 4.39 Å². The van der Waals surface area contributed by atoms with Gasteiger partial charge in [0.2, 0.25) is 0 Å². The molecular weight excluding hydrogens is 193 g/mol. The van der Waals surface area contributed by atoms with Crippen LogP contribution in [0, 0.1) is 11.7 Å². The Balaban J connectivity index is 2.90. The van der Waals surface area contributed by atoms with Crippen LogP contribution in [0.15, 0.2) is 18.5 Å². The number of aromatic nitrogens is 1. The van der Waals surface area contributed by atoms with Crippen LogP contribution in [0.2, 0.25) is 0 Å². The molecule has 1 aromatic rings. The number of hydrogen-bond acceptors (Lipinski definition) is 3. The van der Waals surface area contributed by atoms with Crippen LogP contribution in [0.25, 0.3) is 0 Å². The first-order chi connectivity index (χ1) is 7.22. The SMILES string of the molecule is CCC(CC)C(NN)c1cncc(F)c1. The highest BCUT2D eigenvalue weighted by molar-refractivity contribution is 5.15. The Morgan fingerprint density at radius 3 is 2.53 bits per heavy atom. The monoisotopic (exact) mass is 211 g/mol. The van der Waals surface area contributed by atoms with E-state index in [0.29, 0.717) is 5.92 Å². The summed E-state index contributed by atoms with van der Waals surface area (Å²) >= 11 is 0. The lowest BCUT2D eigenvalue weighted by molar-refractivity contribution is 0.344. The van der Waals surface area contributed by atoms with Gasteiger partial charge in [-0.25, -0.2) is 4.39 Å². The molecule has 1 heterocycles. The Labute approximate surface area is 89.9 Å². The molecule has 0 aromatic carbocycles. The van der Waals surface area contributed by atoms with Crippen LogP contribution >= 0.6 is 0 Å². The molecule has 0 aliphatic heterocycles. The molecule has 3 N–H and O–H groups in total. The lowest BCUT2D eigenvalue weighted by atomic mass is 9.90. The van der Waals surface area contributed by atoms with Crippen molar-refractivity contribution < 1.29 is 4.39 Å². The summed E-state index contributed by atoms with van der Waals surface area (Å²) in [6.45, 7) is 4.20. The predicted octanol–water partition coefficient (Wildman–Crippen LogP) is 2.16. The van der Waals surface area contributed by atoms with Gasteiger partial charge in [0.05, 0.1) is 12.2 Å². The zero-order valence-electron chi connectivity index (χ0n) is 9.20. The van der Waals surface area contributed by atoms with Crippen molar-refractivity contribution in [1.29, 1.82) is 0 Å². The number of nitrogens with one attached hydrogen (secondary N) is 1. The summed E-state index contributed by atoms with van der Waals surface area (Å²) in [6, 6.07) is 1.46. The molecule has 1 atom stereocenters. The second-order valence-corrected chi connectivity index (χ2v) is 3.66. The quantitative estimate of drug-likeness (QED) is 0.579. The molecule has 0 amide bonds. The van der Waals surface area contributed by atoms with Gasteiger partial charge in [-0.2, -0.15) is 0 Å². The van der Waals surface area contributed by atoms with Crippen molar-refractivity contribution in [2.75, 3.05) is 0 Å². The maximum atomic E-state index is 13.0. The van der Waals surface area contributed by atoms with Crippen LogP contribution in [0.4, 0.5) is 4.39 Å². The van der Waals surface area contributed by atoms with Gasteiger partial charge < -0.3 is 0 Å². The third-order valence-corrected chi connectivity index (χ3v) is 2.78. The predicted molar refractivity (Wildman–Crippen MR) is 58.3 cm³/mol. The summed E-state index contributed by atoms with van der Waals surface area (Å²) in [5, 5.41) is 0. The first-order valence-electron chi connectivity index (χ1n) is 5.29. The topological polar surface area (TPSA) is 50.9 Å². The number of rotatable bonds is 5. The summed E-state index contributed by atoms with van der Waals surface area (Å²) < 4.78 is 13.0. The van der Waals surface area contributed by atoms with Crippen LogP contribution in [-0.2, 0) is 0 Å². The molecule has 0 fully saturated rings. The smallest absolute Gasteiger partial charge is 0.141 e. The number of hydrogen-bond donors (Lipinski definition) is 2. The highest BCUT2D eigenvalue weighted by Crippen LogP contribution is 2.26. The maximum absolute atomic E-state index is 13.0. The van der Waals surface area contributed by atoms with Crippen molar-refractivity contribution >= 4 is 0 Å². The van der Waals surface area contributed by atoms with Gasteiger partial charge in [0.25, 0.3) is 0 Å². The van der Waals surface area contributed by atoms with Gasteiger partial charge in [0.15, 0.2) is 0 Å². The number of halogens is 1. The molecule has 1 aromatic heterocycles. The van der Waals surface area contributed by atoms with Crippen LogP contribution in [0.3, 0.4) is 0 Å². The summed E-state index contributed by atoms with van der Waals surface area (Å²) in [4.78, 5) is 3.83. The third kappa shape index (κ3) is 2.97. The Morgan fingerprint density at radius 2 is 2.07 bits per heavy atom. The summed E-state index contributed by atoms with van der Waals surface area (Å²) in [5.41, 5.74) is 3.55. The van der Waals surface area contributed by atoms with Gasteiger partial charge in [0, 0.05) is 6.20 Å². The van der Waals surface area contributed by atoms with Gasteiger partial charge in [-0.1, -0.05) is 26.7 Å². The van der Waals surface area contributed by atoms with Crippen molar-refractivity contribution in [1.82, 2.24) is 10.4 Å². The third-order valence-electron chi connectivity index (χ3n) is 2.78. The molecule has 1 unspecified atom stereocenters. The fraction of sp³-hybridized carbons (Fsp3) is 0.545. The molecule has 0 saturated carbocycles. The lowest BCUT2D eigenvalue weighted by Crippen LogP contribution is -2.33. The van der Waals surface area contributed by atoms with Gasteiger partial charge in [0.1, 0.15) is 5.82 Å². The van der Waals surface area contributed by atoms with E-state index in [1.807, 2.05) is 0 Å². The second-order valence-electron chi connectivity index (χ2n) is 3.66. The largest absolute Gasteiger partial charge is 0.271 e. The van der Waals surface area contributed by atoms with Crippen molar-refractivity contribution in [2.45, 2.75) is 32.7 Å². The van der Waals surface area contributed by atoms with Crippen LogP contribution in [0.5, 0.6) is 0 Å². The van der Waals surface area contributed by atoms with E-state index in [1.54, 1.807) is 6.20 Å². The molecule has 0 radical (unpaired) electrons. The summed E-state index contributed by atoms with van der Waals surface area (Å²) in [7, 11) is 0. The summed E-state index contributed by atoms with van der Waals surface area (Å²) in [6.07, 6.45) is 4.86. The lowest BCUT2D eigenvalue weighted by Gasteiger charge is -2.24. The number of nitrogens with two attached hydrogens (primary N) is 1. The molecule has 84 valence electrons. The molecule has 0 spiro atoms. The van der Waals surface area contributed by atoms with E-state index in [-0.39, 0.29) is 11.9 Å². The second kappa shape index (κ2) is 5.78. The molecule has 15 heavy (non-hydrogen) atoms. The van der Waals surface area contributed by atoms with E-state index < -0.39 is 0 Å². The highest BCUT2D eigenvalue weighted by Gasteiger charge is 2.19. The van der Waals surface area contributed by atoms with E-state index in [0.717, 1.165) is 18.4 Å². The van der Waals surface area contributed by atoms with Crippen LogP contribution < -0.4 is 11.3 Å². The normalized spacial score (nSPS) is 13.1. The number of pyridine rings is 1. The first-order valence-corrected chi connectivity index (χ1v) is 5.29. The first kappa shape index (κ1) is 12.1. The molecule has 3 nitrogen and oxygen atoms in total. The standard InChI is InChI=1S/C11H18FN3/c1-3-8(4-2)11(15-13)9-5-10(12)7-14-6-9/h5-8,11,15H,3-4,13H2,1-2H3. The molecule has 0 aliphatic rings. The fourth-order valence-electron chi connectivity index (χ4n) is 1.86. The average molecular weight is 211 g/mol. The molecule has 0 saturated heterocycles. The average Bonchev–Trinajstić information content (AvgIpc) is 2.25. The zero-order valence-corrected chi connectivity index (χ0v) is 9.20. The zero-order chi connectivity index (χ0) is 11.3. The van der Waals surface area contributed by atoms with Crippen LogP contribution in [-0.4, -0.2) is 4.98 Å². The Kier molecular flexibility index (Phi) is 4.65. The fourth-order valence-corrected chi connectivity index (χ4v) is 1.86. The van der Waals surface area contributed by atoms with Crippen molar-refractivity contribution in [3.05, 3.63) is 29.8 Å². The van der Waals surface area contributed by atoms with Crippen molar-refractivity contribution in [3.8, 4) is 0 Å². The highest BCUT2D eigenvalue weighted by atomic mass is 19.1. The Hall–Kier alpha value is -1.00. The number of hydrazine groups is 1. The Bertz CT molecular complexity index is 300. The molecule has 0 aliphatic carbocycles. The molecule has 4 heteroatoms. The minimum absolute atomic E-state index is 0.0248. The van der Waals surface area contributed by atoms with Crippen molar-refractivity contribution in [3.63, 3.8) is 0 Å². The van der Waals surface area contributed by atoms with E-state index in [2.05, 4.69) is 24.3 Å². The van der Waals surface area contributed by atoms with Gasteiger partial charge in [-0.15, -0.1) is 0 Å². The van der Waals surface area contributed by atoms with Crippen molar-refractivity contribution in [2.24, 2.45) is 11.8 Å². The van der Waals surface area contributed by atoms with Gasteiger partial charge >= 0.3 is 0 Å². The number of nitrogens with zero attached hydrogens (tertiary/aromatic N) is 1.